The zero-order valence-electron chi connectivity index (χ0n) is 18.1. The molecule has 1 unspecified atom stereocenters. The van der Waals surface area contributed by atoms with Gasteiger partial charge >= 0.3 is 0 Å². The van der Waals surface area contributed by atoms with E-state index in [1.165, 1.54) is 0 Å². The quantitative estimate of drug-likeness (QED) is 0.665. The minimum Gasteiger partial charge on any atom is -0.493 e. The van der Waals surface area contributed by atoms with E-state index in [1.54, 1.807) is 35.5 Å². The molecular formula is C22H29NO7. The van der Waals surface area contributed by atoms with Gasteiger partial charge in [-0.2, -0.15) is 0 Å². The molecule has 8 nitrogen and oxygen atoms in total. The van der Waals surface area contributed by atoms with Crippen LogP contribution >= 0.6 is 0 Å². The zero-order chi connectivity index (χ0) is 21.5. The molecule has 0 radical (unpaired) electrons. The summed E-state index contributed by atoms with van der Waals surface area (Å²) in [6.45, 7) is 1.88. The predicted octanol–water partition coefficient (Wildman–Crippen LogP) is 2.65. The lowest BCUT2D eigenvalue weighted by atomic mass is 10.0. The van der Waals surface area contributed by atoms with Crippen molar-refractivity contribution in [2.24, 2.45) is 0 Å². The van der Waals surface area contributed by atoms with Crippen molar-refractivity contribution in [3.63, 3.8) is 0 Å². The molecular weight excluding hydrogens is 390 g/mol. The van der Waals surface area contributed by atoms with E-state index in [1.807, 2.05) is 24.3 Å². The third-order valence-corrected chi connectivity index (χ3v) is 4.84. The third kappa shape index (κ3) is 4.83. The van der Waals surface area contributed by atoms with Crippen LogP contribution < -0.4 is 33.7 Å². The van der Waals surface area contributed by atoms with Crippen molar-refractivity contribution < 1.29 is 33.2 Å². The maximum absolute atomic E-state index is 6.20. The average molecular weight is 419 g/mol. The highest BCUT2D eigenvalue weighted by Gasteiger charge is 2.20. The van der Waals surface area contributed by atoms with Gasteiger partial charge in [-0.05, 0) is 23.8 Å². The molecule has 0 spiro atoms. The van der Waals surface area contributed by atoms with Gasteiger partial charge in [0.05, 0.1) is 48.8 Å². The molecule has 1 fully saturated rings. The predicted molar refractivity (Wildman–Crippen MR) is 112 cm³/mol. The summed E-state index contributed by atoms with van der Waals surface area (Å²) in [6, 6.07) is 7.59. The third-order valence-electron chi connectivity index (χ3n) is 4.84. The van der Waals surface area contributed by atoms with Crippen molar-refractivity contribution in [1.82, 2.24) is 5.32 Å². The highest BCUT2D eigenvalue weighted by atomic mass is 16.6. The van der Waals surface area contributed by atoms with Gasteiger partial charge in [0.15, 0.2) is 29.2 Å². The molecule has 30 heavy (non-hydrogen) atoms. The first kappa shape index (κ1) is 21.9. The van der Waals surface area contributed by atoms with E-state index in [9.17, 15) is 0 Å². The first-order valence-corrected chi connectivity index (χ1v) is 9.65. The summed E-state index contributed by atoms with van der Waals surface area (Å²) in [6.07, 6.45) is 0.315. The molecule has 0 aliphatic carbocycles. The number of morpholine rings is 1. The maximum Gasteiger partial charge on any atom is 0.203 e. The summed E-state index contributed by atoms with van der Waals surface area (Å²) < 4.78 is 39.1. The van der Waals surface area contributed by atoms with Crippen molar-refractivity contribution >= 4 is 0 Å². The lowest BCUT2D eigenvalue weighted by Crippen LogP contribution is -2.45. The Bertz CT molecular complexity index is 825. The summed E-state index contributed by atoms with van der Waals surface area (Å²) in [4.78, 5) is 0. The zero-order valence-corrected chi connectivity index (χ0v) is 18.1. The van der Waals surface area contributed by atoms with Crippen LogP contribution in [0.15, 0.2) is 24.3 Å². The standard InChI is InChI=1S/C22H29NO7/c1-24-17-11-15(8-14-9-19(26-3)22(28-5)20(10-14)27-4)16(12-18(17)25-2)30-21-13-29-7-6-23-21/h9-12,21,23H,6-8,13H2,1-5H3. The van der Waals surface area contributed by atoms with E-state index in [0.717, 1.165) is 17.7 Å². The summed E-state index contributed by atoms with van der Waals surface area (Å²) in [5.74, 6) is 3.65. The minimum absolute atomic E-state index is 0.240. The van der Waals surface area contributed by atoms with Crippen LogP contribution in [0, 0.1) is 0 Å². The van der Waals surface area contributed by atoms with Crippen LogP contribution in [-0.4, -0.2) is 61.5 Å². The fraction of sp³-hybridized carbons (Fsp3) is 0.455. The van der Waals surface area contributed by atoms with Crippen LogP contribution in [0.4, 0.5) is 0 Å². The van der Waals surface area contributed by atoms with E-state index < -0.39 is 0 Å². The van der Waals surface area contributed by atoms with Gasteiger partial charge in [-0.15, -0.1) is 0 Å². The maximum atomic E-state index is 6.20. The molecule has 1 aliphatic rings. The number of ether oxygens (including phenoxy) is 7. The fourth-order valence-corrected chi connectivity index (χ4v) is 3.38. The van der Waals surface area contributed by atoms with Gasteiger partial charge in [-0.25, -0.2) is 0 Å². The van der Waals surface area contributed by atoms with E-state index in [0.29, 0.717) is 54.1 Å². The van der Waals surface area contributed by atoms with E-state index in [4.69, 9.17) is 33.2 Å². The molecule has 0 saturated carbocycles. The highest BCUT2D eigenvalue weighted by Crippen LogP contribution is 2.41. The monoisotopic (exact) mass is 419 g/mol. The number of methoxy groups -OCH3 is 5. The lowest BCUT2D eigenvalue weighted by molar-refractivity contribution is -0.00292. The first-order chi connectivity index (χ1) is 14.6. The molecule has 0 bridgehead atoms. The Morgan fingerprint density at radius 2 is 1.43 bits per heavy atom. The Morgan fingerprint density at radius 1 is 0.800 bits per heavy atom. The van der Waals surface area contributed by atoms with Gasteiger partial charge in [0.25, 0.3) is 0 Å². The van der Waals surface area contributed by atoms with E-state index >= 15 is 0 Å². The number of benzene rings is 2. The van der Waals surface area contributed by atoms with Crippen LogP contribution in [0.2, 0.25) is 0 Å². The van der Waals surface area contributed by atoms with Crippen molar-refractivity contribution in [2.75, 3.05) is 55.3 Å². The number of rotatable bonds is 9. The topological polar surface area (TPSA) is 76.6 Å². The summed E-state index contributed by atoms with van der Waals surface area (Å²) in [5, 5.41) is 3.30. The van der Waals surface area contributed by atoms with Crippen LogP contribution in [0.25, 0.3) is 0 Å². The Hall–Kier alpha value is -2.84. The van der Waals surface area contributed by atoms with E-state index in [2.05, 4.69) is 5.32 Å². The first-order valence-electron chi connectivity index (χ1n) is 9.65. The fourth-order valence-electron chi connectivity index (χ4n) is 3.38. The summed E-state index contributed by atoms with van der Waals surface area (Å²) in [7, 11) is 7.99. The Morgan fingerprint density at radius 3 is 1.97 bits per heavy atom. The lowest BCUT2D eigenvalue weighted by Gasteiger charge is -2.26. The van der Waals surface area contributed by atoms with Gasteiger partial charge in [-0.3, -0.25) is 5.32 Å². The van der Waals surface area contributed by atoms with E-state index in [-0.39, 0.29) is 6.23 Å². The summed E-state index contributed by atoms with van der Waals surface area (Å²) in [5.41, 5.74) is 1.89. The normalized spacial score (nSPS) is 16.0. The molecule has 164 valence electrons. The van der Waals surface area contributed by atoms with Gasteiger partial charge < -0.3 is 33.2 Å². The van der Waals surface area contributed by atoms with Crippen LogP contribution in [0.3, 0.4) is 0 Å². The number of hydrogen-bond donors (Lipinski definition) is 1. The molecule has 1 saturated heterocycles. The van der Waals surface area contributed by atoms with Crippen molar-refractivity contribution in [3.8, 4) is 34.5 Å². The van der Waals surface area contributed by atoms with Gasteiger partial charge in [-0.1, -0.05) is 0 Å². The molecule has 1 aliphatic heterocycles. The van der Waals surface area contributed by atoms with Crippen LogP contribution in [0.1, 0.15) is 11.1 Å². The number of nitrogens with one attached hydrogen (secondary N) is 1. The Balaban J connectivity index is 1.99. The Labute approximate surface area is 176 Å². The van der Waals surface area contributed by atoms with Gasteiger partial charge in [0, 0.05) is 24.6 Å². The Kier molecular flexibility index (Phi) is 7.48. The molecule has 2 aromatic rings. The van der Waals surface area contributed by atoms with Gasteiger partial charge in [0.1, 0.15) is 5.75 Å². The van der Waals surface area contributed by atoms with Crippen LogP contribution in [0.5, 0.6) is 34.5 Å². The smallest absolute Gasteiger partial charge is 0.203 e. The molecule has 1 heterocycles. The molecule has 0 aromatic heterocycles. The van der Waals surface area contributed by atoms with Crippen LogP contribution in [-0.2, 0) is 11.2 Å². The van der Waals surface area contributed by atoms with Gasteiger partial charge in [0.2, 0.25) is 5.75 Å². The summed E-state index contributed by atoms with van der Waals surface area (Å²) >= 11 is 0. The number of hydrogen-bond acceptors (Lipinski definition) is 8. The molecule has 1 N–H and O–H groups in total. The second-order valence-corrected chi connectivity index (χ2v) is 6.66. The second kappa shape index (κ2) is 10.3. The molecule has 8 heteroatoms. The molecule has 0 amide bonds. The van der Waals surface area contributed by atoms with Crippen molar-refractivity contribution in [3.05, 3.63) is 35.4 Å². The minimum atomic E-state index is -0.240. The second-order valence-electron chi connectivity index (χ2n) is 6.66. The van der Waals surface area contributed by atoms with Crippen molar-refractivity contribution in [2.45, 2.75) is 12.6 Å². The average Bonchev–Trinajstić information content (AvgIpc) is 2.79. The van der Waals surface area contributed by atoms with Crippen molar-refractivity contribution in [1.29, 1.82) is 0 Å². The molecule has 2 aromatic carbocycles. The molecule has 3 rings (SSSR count). The largest absolute Gasteiger partial charge is 0.493 e. The molecule has 1 atom stereocenters. The SMILES string of the molecule is COc1cc(Cc2cc(OC)c(OC)c(OC)c2)c(OC2COCCN2)cc1OC. The highest BCUT2D eigenvalue weighted by molar-refractivity contribution is 5.56.